The molecule has 0 saturated heterocycles. The van der Waals surface area contributed by atoms with Crippen molar-refractivity contribution >= 4 is 11.8 Å². The molecule has 0 aliphatic rings. The number of nitrogens with zero attached hydrogens (tertiary/aromatic N) is 2. The average Bonchev–Trinajstić information content (AvgIpc) is 3.02. The number of anilines is 1. The van der Waals surface area contributed by atoms with Crippen LogP contribution in [0, 0.1) is 0 Å². The summed E-state index contributed by atoms with van der Waals surface area (Å²) in [4.78, 5) is 12.2. The molecule has 1 aromatic heterocycles. The zero-order valence-corrected chi connectivity index (χ0v) is 15.2. The van der Waals surface area contributed by atoms with Crippen molar-refractivity contribution in [1.29, 1.82) is 0 Å². The Labute approximate surface area is 165 Å². The molecule has 0 spiro atoms. The number of ether oxygens (including phenoxy) is 1. The van der Waals surface area contributed by atoms with Crippen LogP contribution < -0.4 is 10.1 Å². The molecule has 30 heavy (non-hydrogen) atoms. The van der Waals surface area contributed by atoms with E-state index >= 15 is 0 Å². The first kappa shape index (κ1) is 21.2. The van der Waals surface area contributed by atoms with Gasteiger partial charge in [0.05, 0.1) is 17.4 Å². The van der Waals surface area contributed by atoms with Crippen LogP contribution in [0.15, 0.2) is 54.7 Å². The SMILES string of the molecule is Cn1cc(OC(=O)Nc2ccccc2-c2cccc(C(F)(F)F)c2)c(C(F)(F)F)n1. The molecule has 3 aromatic rings. The third kappa shape index (κ3) is 4.73. The van der Waals surface area contributed by atoms with Crippen LogP contribution in [-0.2, 0) is 19.4 Å². The fourth-order valence-electron chi connectivity index (χ4n) is 2.68. The minimum atomic E-state index is -4.84. The molecule has 11 heteroatoms. The van der Waals surface area contributed by atoms with Crippen molar-refractivity contribution in [2.45, 2.75) is 12.4 Å². The molecule has 0 atom stereocenters. The van der Waals surface area contributed by atoms with E-state index in [1.54, 1.807) is 0 Å². The maximum atomic E-state index is 13.0. The molecule has 2 aromatic carbocycles. The van der Waals surface area contributed by atoms with Crippen LogP contribution >= 0.6 is 0 Å². The molecule has 1 N–H and O–H groups in total. The molecule has 0 aliphatic carbocycles. The molecular formula is C19H13F6N3O2. The molecule has 0 aliphatic heterocycles. The molecular weight excluding hydrogens is 416 g/mol. The fourth-order valence-corrected chi connectivity index (χ4v) is 2.68. The largest absolute Gasteiger partial charge is 0.438 e. The second-order valence-corrected chi connectivity index (χ2v) is 6.15. The zero-order chi connectivity index (χ0) is 22.1. The number of amides is 1. The summed E-state index contributed by atoms with van der Waals surface area (Å²) in [5.74, 6) is -0.806. The van der Waals surface area contributed by atoms with Crippen LogP contribution in [0.3, 0.4) is 0 Å². The average molecular weight is 429 g/mol. The quantitative estimate of drug-likeness (QED) is 0.541. The van der Waals surface area contributed by atoms with Crippen molar-refractivity contribution in [1.82, 2.24) is 9.78 Å². The van der Waals surface area contributed by atoms with Crippen molar-refractivity contribution in [3.8, 4) is 16.9 Å². The maximum absolute atomic E-state index is 13.0. The Morgan fingerprint density at radius 1 is 1.00 bits per heavy atom. The summed E-state index contributed by atoms with van der Waals surface area (Å²) in [7, 11) is 1.23. The Kier molecular flexibility index (Phi) is 5.47. The molecule has 0 saturated carbocycles. The summed E-state index contributed by atoms with van der Waals surface area (Å²) in [6, 6.07) is 10.3. The van der Waals surface area contributed by atoms with Crippen LogP contribution in [0.25, 0.3) is 11.1 Å². The van der Waals surface area contributed by atoms with Crippen molar-refractivity contribution in [2.24, 2.45) is 7.05 Å². The van der Waals surface area contributed by atoms with Gasteiger partial charge in [0.25, 0.3) is 0 Å². The van der Waals surface area contributed by atoms with Gasteiger partial charge in [-0.2, -0.15) is 31.4 Å². The molecule has 158 valence electrons. The molecule has 0 fully saturated rings. The lowest BCUT2D eigenvalue weighted by Crippen LogP contribution is -2.19. The Hall–Kier alpha value is -3.50. The molecule has 5 nitrogen and oxygen atoms in total. The lowest BCUT2D eigenvalue weighted by molar-refractivity contribution is -0.142. The monoisotopic (exact) mass is 429 g/mol. The molecule has 0 unspecified atom stereocenters. The smallest absolute Gasteiger partial charge is 0.406 e. The second kappa shape index (κ2) is 7.73. The standard InChI is InChI=1S/C19H13F6N3O2/c1-28-10-15(16(27-28)19(23,24)25)30-17(29)26-14-8-3-2-7-13(14)11-5-4-6-12(9-11)18(20,21)22/h2-10H,1H3,(H,26,29). The van der Waals surface area contributed by atoms with Gasteiger partial charge in [-0.25, -0.2) is 4.79 Å². The highest BCUT2D eigenvalue weighted by molar-refractivity contribution is 5.92. The van der Waals surface area contributed by atoms with E-state index in [1.807, 2.05) is 0 Å². The van der Waals surface area contributed by atoms with Crippen LogP contribution in [0.1, 0.15) is 11.3 Å². The number of hydrogen-bond acceptors (Lipinski definition) is 3. The molecule has 3 rings (SSSR count). The molecule has 0 radical (unpaired) electrons. The Morgan fingerprint density at radius 2 is 1.70 bits per heavy atom. The third-order valence-electron chi connectivity index (χ3n) is 3.93. The molecule has 0 bridgehead atoms. The first-order valence-electron chi connectivity index (χ1n) is 8.31. The fraction of sp³-hybridized carbons (Fsp3) is 0.158. The van der Waals surface area contributed by atoms with Crippen molar-refractivity contribution in [3.05, 3.63) is 66.0 Å². The van der Waals surface area contributed by atoms with Crippen LogP contribution in [0.5, 0.6) is 5.75 Å². The summed E-state index contributed by atoms with van der Waals surface area (Å²) >= 11 is 0. The highest BCUT2D eigenvalue weighted by Crippen LogP contribution is 2.36. The summed E-state index contributed by atoms with van der Waals surface area (Å²) in [5.41, 5.74) is -1.84. The number of rotatable bonds is 3. The number of benzene rings is 2. The number of carbonyl (C=O) groups excluding carboxylic acids is 1. The van der Waals surface area contributed by atoms with E-state index in [0.29, 0.717) is 0 Å². The van der Waals surface area contributed by atoms with Gasteiger partial charge >= 0.3 is 18.4 Å². The normalized spacial score (nSPS) is 12.0. The van der Waals surface area contributed by atoms with Crippen LogP contribution in [0.2, 0.25) is 0 Å². The minimum Gasteiger partial charge on any atom is -0.406 e. The number of hydrogen-bond donors (Lipinski definition) is 1. The number of alkyl halides is 6. The van der Waals surface area contributed by atoms with E-state index in [0.717, 1.165) is 23.0 Å². The number of halogens is 6. The van der Waals surface area contributed by atoms with E-state index < -0.39 is 35.5 Å². The van der Waals surface area contributed by atoms with E-state index in [-0.39, 0.29) is 16.8 Å². The van der Waals surface area contributed by atoms with Crippen LogP contribution in [0.4, 0.5) is 36.8 Å². The zero-order valence-electron chi connectivity index (χ0n) is 15.2. The summed E-state index contributed by atoms with van der Waals surface area (Å²) in [6.07, 6.45) is -9.78. The predicted molar refractivity (Wildman–Crippen MR) is 94.7 cm³/mol. The lowest BCUT2D eigenvalue weighted by atomic mass is 10.0. The predicted octanol–water partition coefficient (Wildman–Crippen LogP) is 5.74. The Morgan fingerprint density at radius 3 is 2.37 bits per heavy atom. The van der Waals surface area contributed by atoms with Gasteiger partial charge in [0.1, 0.15) is 0 Å². The lowest BCUT2D eigenvalue weighted by Gasteiger charge is -2.13. The summed E-state index contributed by atoms with van der Waals surface area (Å²) < 4.78 is 83.5. The van der Waals surface area contributed by atoms with Gasteiger partial charge in [-0.3, -0.25) is 10.00 Å². The topological polar surface area (TPSA) is 56.1 Å². The van der Waals surface area contributed by atoms with Gasteiger partial charge in [0, 0.05) is 12.6 Å². The number of para-hydroxylation sites is 1. The molecule has 1 amide bonds. The number of carbonyl (C=O) groups is 1. The number of aryl methyl sites for hydroxylation is 1. The van der Waals surface area contributed by atoms with Gasteiger partial charge in [-0.05, 0) is 23.8 Å². The third-order valence-corrected chi connectivity index (χ3v) is 3.93. The van der Waals surface area contributed by atoms with Gasteiger partial charge in [-0.15, -0.1) is 0 Å². The minimum absolute atomic E-state index is 0.0549. The van der Waals surface area contributed by atoms with E-state index in [9.17, 15) is 31.1 Å². The summed E-state index contributed by atoms with van der Waals surface area (Å²) in [5, 5.41) is 5.48. The van der Waals surface area contributed by atoms with Crippen LogP contribution in [-0.4, -0.2) is 15.9 Å². The molecule has 1 heterocycles. The highest BCUT2D eigenvalue weighted by Gasteiger charge is 2.39. The second-order valence-electron chi connectivity index (χ2n) is 6.15. The van der Waals surface area contributed by atoms with Crippen molar-refractivity contribution in [3.63, 3.8) is 0 Å². The van der Waals surface area contributed by atoms with Crippen molar-refractivity contribution in [2.75, 3.05) is 5.32 Å². The maximum Gasteiger partial charge on any atom is 0.438 e. The van der Waals surface area contributed by atoms with Gasteiger partial charge in [-0.1, -0.05) is 30.3 Å². The van der Waals surface area contributed by atoms with E-state index in [2.05, 4.69) is 10.4 Å². The highest BCUT2D eigenvalue weighted by atomic mass is 19.4. The first-order chi connectivity index (χ1) is 13.9. The van der Waals surface area contributed by atoms with E-state index in [4.69, 9.17) is 4.74 Å². The first-order valence-corrected chi connectivity index (χ1v) is 8.31. The number of nitrogens with one attached hydrogen (secondary N) is 1. The Bertz CT molecular complexity index is 1070. The Balaban J connectivity index is 1.87. The van der Waals surface area contributed by atoms with E-state index in [1.165, 1.54) is 43.4 Å². The van der Waals surface area contributed by atoms with Gasteiger partial charge < -0.3 is 4.74 Å². The summed E-state index contributed by atoms with van der Waals surface area (Å²) in [6.45, 7) is 0. The van der Waals surface area contributed by atoms with Gasteiger partial charge in [0.2, 0.25) is 5.69 Å². The number of aromatic nitrogens is 2. The van der Waals surface area contributed by atoms with Gasteiger partial charge in [0.15, 0.2) is 5.75 Å². The van der Waals surface area contributed by atoms with Crippen molar-refractivity contribution < 1.29 is 35.9 Å².